The number of rotatable bonds is 18. The first-order valence-corrected chi connectivity index (χ1v) is 20.0. The lowest BCUT2D eigenvalue weighted by atomic mass is 10.1. The fourth-order valence-electron chi connectivity index (χ4n) is 7.20. The number of unbranched alkanes of at least 4 members (excludes halogenated alkanes) is 4. The van der Waals surface area contributed by atoms with Gasteiger partial charge in [0.25, 0.3) is 8.32 Å². The molecule has 6 heteroatoms. The molecule has 3 aromatic rings. The van der Waals surface area contributed by atoms with Gasteiger partial charge >= 0.3 is 0 Å². The Morgan fingerprint density at radius 3 is 2.10 bits per heavy atom. The molecule has 0 bridgehead atoms. The molecule has 0 unspecified atom stereocenters. The molecule has 2 aliphatic rings. The maximum absolute atomic E-state index is 7.32. The Morgan fingerprint density at radius 1 is 0.875 bits per heavy atom. The molecular weight excluding hydrogens is 613 g/mol. The summed E-state index contributed by atoms with van der Waals surface area (Å²) in [4.78, 5) is 0. The zero-order valence-electron chi connectivity index (χ0n) is 30.2. The third kappa shape index (κ3) is 9.70. The van der Waals surface area contributed by atoms with E-state index in [2.05, 4.69) is 106 Å². The van der Waals surface area contributed by atoms with Crippen molar-refractivity contribution < 1.29 is 23.4 Å². The van der Waals surface area contributed by atoms with E-state index >= 15 is 0 Å². The van der Waals surface area contributed by atoms with Crippen LogP contribution in [0.15, 0.2) is 97.1 Å². The van der Waals surface area contributed by atoms with Crippen molar-refractivity contribution in [2.45, 2.75) is 109 Å². The van der Waals surface area contributed by atoms with Crippen molar-refractivity contribution in [1.29, 1.82) is 0 Å². The number of hydrogen-bond donors (Lipinski definition) is 0. The zero-order valence-corrected chi connectivity index (χ0v) is 31.2. The van der Waals surface area contributed by atoms with E-state index in [0.29, 0.717) is 25.0 Å². The molecule has 0 aromatic heterocycles. The van der Waals surface area contributed by atoms with Crippen molar-refractivity contribution >= 4 is 18.7 Å². The van der Waals surface area contributed by atoms with Gasteiger partial charge in [-0.3, -0.25) is 0 Å². The number of benzene rings is 3. The molecule has 1 saturated carbocycles. The summed E-state index contributed by atoms with van der Waals surface area (Å²) in [5.74, 6) is 1.73. The number of hydrogen-bond acceptors (Lipinski definition) is 5. The largest absolute Gasteiger partial charge is 0.497 e. The molecule has 48 heavy (non-hydrogen) atoms. The molecule has 260 valence electrons. The number of methoxy groups -OCH3 is 1. The van der Waals surface area contributed by atoms with E-state index in [1.165, 1.54) is 36.1 Å². The van der Waals surface area contributed by atoms with Gasteiger partial charge in [-0.2, -0.15) is 0 Å². The van der Waals surface area contributed by atoms with Gasteiger partial charge in [0.05, 0.1) is 39.1 Å². The maximum Gasteiger partial charge on any atom is 0.261 e. The number of ether oxygens (including phenoxy) is 4. The quantitative estimate of drug-likeness (QED) is 0.0769. The predicted octanol–water partition coefficient (Wildman–Crippen LogP) is 8.84. The summed E-state index contributed by atoms with van der Waals surface area (Å²) in [5.41, 5.74) is 1.15. The lowest BCUT2D eigenvalue weighted by Gasteiger charge is -2.43. The van der Waals surface area contributed by atoms with Gasteiger partial charge < -0.3 is 23.4 Å². The Labute approximate surface area is 291 Å². The topological polar surface area (TPSA) is 46.2 Å². The molecule has 5 rings (SSSR count). The second-order valence-corrected chi connectivity index (χ2v) is 19.4. The second-order valence-electron chi connectivity index (χ2n) is 15.1. The van der Waals surface area contributed by atoms with Crippen molar-refractivity contribution in [1.82, 2.24) is 0 Å². The molecule has 5 nitrogen and oxygen atoms in total. The highest BCUT2D eigenvalue weighted by Gasteiger charge is 2.50. The molecule has 0 amide bonds. The van der Waals surface area contributed by atoms with Gasteiger partial charge in [0, 0.05) is 0 Å². The average molecular weight is 671 g/mol. The summed E-state index contributed by atoms with van der Waals surface area (Å²) >= 11 is 0. The highest BCUT2D eigenvalue weighted by Crippen LogP contribution is 2.46. The molecule has 1 heterocycles. The first-order valence-electron chi connectivity index (χ1n) is 18.1. The molecule has 3 aromatic carbocycles. The predicted molar refractivity (Wildman–Crippen MR) is 198 cm³/mol. The molecule has 1 aliphatic carbocycles. The summed E-state index contributed by atoms with van der Waals surface area (Å²) in [6.45, 7) is 12.9. The maximum atomic E-state index is 7.32. The second kappa shape index (κ2) is 16.8. The Bertz CT molecular complexity index is 1360. The fourth-order valence-corrected chi connectivity index (χ4v) is 11.8. The van der Waals surface area contributed by atoms with Crippen molar-refractivity contribution in [2.75, 3.05) is 20.3 Å². The van der Waals surface area contributed by atoms with Gasteiger partial charge in [0.2, 0.25) is 0 Å². The molecule has 0 N–H and O–H groups in total. The minimum absolute atomic E-state index is 0.00668. The molecule has 0 radical (unpaired) electrons. The number of allylic oxidation sites excluding steroid dienone is 2. The smallest absolute Gasteiger partial charge is 0.261 e. The van der Waals surface area contributed by atoms with Crippen LogP contribution in [0.25, 0.3) is 0 Å². The van der Waals surface area contributed by atoms with Crippen LogP contribution in [-0.2, 0) is 25.2 Å². The summed E-state index contributed by atoms with van der Waals surface area (Å²) in [5, 5.41) is 2.53. The van der Waals surface area contributed by atoms with Crippen LogP contribution in [0.3, 0.4) is 0 Å². The van der Waals surface area contributed by atoms with E-state index in [4.69, 9.17) is 23.4 Å². The van der Waals surface area contributed by atoms with E-state index < -0.39 is 14.1 Å². The fraction of sp³-hybridized carbons (Fsp3) is 0.524. The molecule has 1 saturated heterocycles. The van der Waals surface area contributed by atoms with Gasteiger partial charge in [-0.25, -0.2) is 0 Å². The van der Waals surface area contributed by atoms with Crippen LogP contribution in [0.4, 0.5) is 0 Å². The van der Waals surface area contributed by atoms with Crippen molar-refractivity contribution in [3.63, 3.8) is 0 Å². The first kappa shape index (κ1) is 36.5. The van der Waals surface area contributed by atoms with Crippen LogP contribution in [0.2, 0.25) is 5.04 Å². The van der Waals surface area contributed by atoms with Gasteiger partial charge in [-0.05, 0) is 84.5 Å². The summed E-state index contributed by atoms with van der Waals surface area (Å²) in [6, 6.07) is 30.0. The minimum atomic E-state index is -2.65. The Morgan fingerprint density at radius 2 is 1.52 bits per heavy atom. The van der Waals surface area contributed by atoms with Crippen LogP contribution in [0.1, 0.15) is 85.1 Å². The van der Waals surface area contributed by atoms with Crippen LogP contribution >= 0.6 is 0 Å². The summed E-state index contributed by atoms with van der Waals surface area (Å²) in [7, 11) is -0.947. The normalized spacial score (nSPS) is 21.4. The van der Waals surface area contributed by atoms with Gasteiger partial charge in [-0.1, -0.05) is 125 Å². The zero-order chi connectivity index (χ0) is 34.0. The summed E-state index contributed by atoms with van der Waals surface area (Å²) < 4.78 is 31.2. The lowest BCUT2D eigenvalue weighted by Crippen LogP contribution is -2.67. The van der Waals surface area contributed by atoms with E-state index in [1.807, 2.05) is 26.0 Å². The van der Waals surface area contributed by atoms with E-state index in [1.54, 1.807) is 7.11 Å². The van der Waals surface area contributed by atoms with Crippen LogP contribution in [0.5, 0.6) is 5.75 Å². The molecule has 2 fully saturated rings. The third-order valence-electron chi connectivity index (χ3n) is 9.98. The van der Waals surface area contributed by atoms with E-state index in [0.717, 1.165) is 37.2 Å². The lowest BCUT2D eigenvalue weighted by molar-refractivity contribution is -0.140. The highest BCUT2D eigenvalue weighted by atomic mass is 28.4. The van der Waals surface area contributed by atoms with E-state index in [-0.39, 0.29) is 17.2 Å². The van der Waals surface area contributed by atoms with Gasteiger partial charge in [0.15, 0.2) is 5.79 Å². The summed E-state index contributed by atoms with van der Waals surface area (Å²) in [6.07, 6.45) is 13.2. The Hall–Kier alpha value is -2.74. The van der Waals surface area contributed by atoms with Crippen molar-refractivity contribution in [3.05, 3.63) is 103 Å². The van der Waals surface area contributed by atoms with Gasteiger partial charge in [-0.15, -0.1) is 0 Å². The SMILES string of the molecule is COc1ccc(CO[C@@H](CCCCCC/C=C\[C@H]2C[C@H]2[C@H]2COC(C)(C)O2)CO[Si](c2ccccc2)(c2ccccc2)C(C)(C)C)cc1. The molecule has 4 atom stereocenters. The van der Waals surface area contributed by atoms with E-state index in [9.17, 15) is 0 Å². The average Bonchev–Trinajstić information content (AvgIpc) is 3.77. The standard InChI is InChI=1S/C42H58O5Si/c1-41(2,3)48(37-21-15-11-16-22-37,38-23-17-12-18-24-38)46-31-36(44-30-33-25-27-35(43-6)28-26-33)20-14-10-8-7-9-13-19-34-29-39(34)40-32-45-42(4,5)47-40/h11-13,15-19,21-28,34,36,39-40H,7-10,14,20,29-32H2,1-6H3/b19-13-/t34-,36-,39+,40+/m0/s1. The monoisotopic (exact) mass is 670 g/mol. The Kier molecular flexibility index (Phi) is 12.8. The molecule has 0 spiro atoms. The third-order valence-corrected chi connectivity index (χ3v) is 15.0. The van der Waals surface area contributed by atoms with Crippen LogP contribution < -0.4 is 15.1 Å². The Balaban J connectivity index is 1.17. The van der Waals surface area contributed by atoms with Crippen molar-refractivity contribution in [2.24, 2.45) is 11.8 Å². The molecular formula is C42H58O5Si. The van der Waals surface area contributed by atoms with Crippen molar-refractivity contribution in [3.8, 4) is 5.75 Å². The molecule has 1 aliphatic heterocycles. The highest BCUT2D eigenvalue weighted by molar-refractivity contribution is 6.99. The minimum Gasteiger partial charge on any atom is -0.497 e. The van der Waals surface area contributed by atoms with Crippen LogP contribution in [-0.4, -0.2) is 46.6 Å². The first-order chi connectivity index (χ1) is 23.1. The van der Waals surface area contributed by atoms with Crippen LogP contribution in [0, 0.1) is 11.8 Å². The van der Waals surface area contributed by atoms with Gasteiger partial charge in [0.1, 0.15) is 5.75 Å².